The summed E-state index contributed by atoms with van der Waals surface area (Å²) in [6.07, 6.45) is 2.98. The molecule has 0 heterocycles. The Morgan fingerprint density at radius 1 is 1.00 bits per heavy atom. The Bertz CT molecular complexity index is 1060. The normalized spacial score (nSPS) is 15.9. The standard InChI is InChI=1S/C30H49N7O6/c1-19(2)16-24(25(38)17-26(39)35-22-12-7-8-13-22)36-27(40)20(3)34-28(41)23(14-9-15-33-29(31)32)37-30(42)43-18-21-10-5-4-6-11-21/h4-6,10-11,19-20,22-25,38H,7-9,12-18H2,1-3H3,(H,34,41)(H,35,39)(H,36,40)(H,37,42)(H4,31,32,33)/t20-,23-,24-,25-/m0/s1. The van der Waals surface area contributed by atoms with Gasteiger partial charge in [-0.25, -0.2) is 4.79 Å². The molecule has 1 saturated carbocycles. The molecule has 1 aliphatic carbocycles. The highest BCUT2D eigenvalue weighted by Gasteiger charge is 2.29. The molecule has 0 saturated heterocycles. The number of nitrogens with one attached hydrogen (secondary N) is 4. The van der Waals surface area contributed by atoms with E-state index >= 15 is 0 Å². The van der Waals surface area contributed by atoms with Gasteiger partial charge in [0.05, 0.1) is 18.6 Å². The molecule has 0 spiro atoms. The number of carbonyl (C=O) groups is 4. The summed E-state index contributed by atoms with van der Waals surface area (Å²) in [4.78, 5) is 55.1. The fourth-order valence-electron chi connectivity index (χ4n) is 4.88. The van der Waals surface area contributed by atoms with E-state index in [1.165, 1.54) is 6.92 Å². The molecule has 1 aromatic carbocycles. The summed E-state index contributed by atoms with van der Waals surface area (Å²) in [5, 5.41) is 21.8. The van der Waals surface area contributed by atoms with Crippen molar-refractivity contribution in [2.45, 2.75) is 109 Å². The topological polar surface area (TPSA) is 210 Å². The van der Waals surface area contributed by atoms with E-state index in [2.05, 4.69) is 26.3 Å². The summed E-state index contributed by atoms with van der Waals surface area (Å²) in [7, 11) is 0. The number of carbonyl (C=O) groups excluding carboxylic acids is 4. The monoisotopic (exact) mass is 603 g/mol. The van der Waals surface area contributed by atoms with E-state index in [1.807, 2.05) is 32.0 Å². The van der Waals surface area contributed by atoms with Crippen molar-refractivity contribution in [3.63, 3.8) is 0 Å². The number of hydrogen-bond donors (Lipinski definition) is 7. The lowest BCUT2D eigenvalue weighted by atomic mass is 9.96. The molecule has 1 fully saturated rings. The molecule has 13 nitrogen and oxygen atoms in total. The molecule has 0 unspecified atom stereocenters. The predicted molar refractivity (Wildman–Crippen MR) is 163 cm³/mol. The third-order valence-corrected chi connectivity index (χ3v) is 7.15. The van der Waals surface area contributed by atoms with Crippen LogP contribution in [0.5, 0.6) is 0 Å². The number of nitrogens with two attached hydrogens (primary N) is 2. The van der Waals surface area contributed by atoms with E-state index in [9.17, 15) is 24.3 Å². The van der Waals surface area contributed by atoms with Crippen LogP contribution in [0, 0.1) is 5.92 Å². The summed E-state index contributed by atoms with van der Waals surface area (Å²) >= 11 is 0. The number of ether oxygens (including phenoxy) is 1. The molecule has 0 aliphatic heterocycles. The molecule has 4 amide bonds. The van der Waals surface area contributed by atoms with Crippen LogP contribution in [0.1, 0.15) is 77.7 Å². The highest BCUT2D eigenvalue weighted by Crippen LogP contribution is 2.18. The van der Waals surface area contributed by atoms with Gasteiger partial charge in [-0.2, -0.15) is 0 Å². The minimum absolute atomic E-state index is 0.0199. The minimum Gasteiger partial charge on any atom is -0.445 e. The van der Waals surface area contributed by atoms with Crippen molar-refractivity contribution in [3.8, 4) is 0 Å². The maximum absolute atomic E-state index is 13.2. The van der Waals surface area contributed by atoms with Gasteiger partial charge in [-0.05, 0) is 50.5 Å². The Labute approximate surface area is 254 Å². The van der Waals surface area contributed by atoms with Crippen molar-refractivity contribution in [2.24, 2.45) is 22.4 Å². The van der Waals surface area contributed by atoms with Gasteiger partial charge < -0.3 is 42.6 Å². The zero-order valence-corrected chi connectivity index (χ0v) is 25.5. The van der Waals surface area contributed by atoms with E-state index in [0.29, 0.717) is 12.8 Å². The molecule has 4 atom stereocenters. The number of guanidine groups is 1. The molecule has 1 aliphatic rings. The number of hydrogen-bond acceptors (Lipinski definition) is 7. The summed E-state index contributed by atoms with van der Waals surface area (Å²) in [6, 6.07) is 6.51. The second-order valence-corrected chi connectivity index (χ2v) is 11.5. The van der Waals surface area contributed by atoms with Gasteiger partial charge in [-0.3, -0.25) is 19.4 Å². The number of nitrogens with zero attached hydrogens (tertiary/aromatic N) is 1. The summed E-state index contributed by atoms with van der Waals surface area (Å²) < 4.78 is 5.26. The third kappa shape index (κ3) is 14.2. The Morgan fingerprint density at radius 2 is 1.67 bits per heavy atom. The largest absolute Gasteiger partial charge is 0.445 e. The second kappa shape index (κ2) is 18.6. The van der Waals surface area contributed by atoms with Gasteiger partial charge in [0.2, 0.25) is 17.7 Å². The Kier molecular flexibility index (Phi) is 15.3. The van der Waals surface area contributed by atoms with Crippen molar-refractivity contribution in [1.29, 1.82) is 0 Å². The van der Waals surface area contributed by atoms with Gasteiger partial charge in [0.15, 0.2) is 5.96 Å². The number of aliphatic hydroxyl groups is 1. The van der Waals surface area contributed by atoms with Crippen LogP contribution < -0.4 is 32.7 Å². The lowest BCUT2D eigenvalue weighted by Crippen LogP contribution is -2.55. The lowest BCUT2D eigenvalue weighted by molar-refractivity contribution is -0.131. The predicted octanol–water partition coefficient (Wildman–Crippen LogP) is 1.18. The van der Waals surface area contributed by atoms with Gasteiger partial charge in [-0.15, -0.1) is 0 Å². The maximum Gasteiger partial charge on any atom is 0.408 e. The van der Waals surface area contributed by atoms with Crippen LogP contribution in [0.25, 0.3) is 0 Å². The zero-order valence-electron chi connectivity index (χ0n) is 25.5. The molecule has 13 heteroatoms. The second-order valence-electron chi connectivity index (χ2n) is 11.5. The molecule has 0 aromatic heterocycles. The first-order valence-corrected chi connectivity index (χ1v) is 15.0. The van der Waals surface area contributed by atoms with Crippen LogP contribution in [0.3, 0.4) is 0 Å². The van der Waals surface area contributed by atoms with Gasteiger partial charge in [0.25, 0.3) is 0 Å². The molecule has 1 aromatic rings. The van der Waals surface area contributed by atoms with Crippen LogP contribution in [0.2, 0.25) is 0 Å². The number of rotatable bonds is 17. The highest BCUT2D eigenvalue weighted by molar-refractivity contribution is 5.91. The summed E-state index contributed by atoms with van der Waals surface area (Å²) in [5.74, 6) is -1.34. The molecule has 9 N–H and O–H groups in total. The van der Waals surface area contributed by atoms with Gasteiger partial charge in [-0.1, -0.05) is 57.0 Å². The molecule has 43 heavy (non-hydrogen) atoms. The molecule has 0 bridgehead atoms. The fraction of sp³-hybridized carbons (Fsp3) is 0.633. The summed E-state index contributed by atoms with van der Waals surface area (Å²) in [6.45, 7) is 5.66. The van der Waals surface area contributed by atoms with E-state index in [4.69, 9.17) is 16.2 Å². The van der Waals surface area contributed by atoms with Crippen LogP contribution >= 0.6 is 0 Å². The smallest absolute Gasteiger partial charge is 0.408 e. The molecular weight excluding hydrogens is 554 g/mol. The summed E-state index contributed by atoms with van der Waals surface area (Å²) in [5.41, 5.74) is 11.5. The number of aliphatic imine (C=N–C) groups is 1. The van der Waals surface area contributed by atoms with Crippen molar-refractivity contribution < 1.29 is 29.0 Å². The SMILES string of the molecule is CC(C)C[C@H](NC(=O)[C@H](C)NC(=O)[C@H](CCCN=C(N)N)NC(=O)OCc1ccccc1)[C@@H](O)CC(=O)NC1CCCC1. The third-order valence-electron chi connectivity index (χ3n) is 7.15. The van der Waals surface area contributed by atoms with Crippen molar-refractivity contribution in [2.75, 3.05) is 6.54 Å². The number of benzene rings is 1. The Hall–Kier alpha value is -3.87. The molecule has 240 valence electrons. The lowest BCUT2D eigenvalue weighted by Gasteiger charge is -2.28. The van der Waals surface area contributed by atoms with Crippen LogP contribution in [0.15, 0.2) is 35.3 Å². The molecular formula is C30H49N7O6. The highest BCUT2D eigenvalue weighted by atomic mass is 16.5. The number of aliphatic hydroxyl groups excluding tert-OH is 1. The quantitative estimate of drug-likeness (QED) is 0.0779. The van der Waals surface area contributed by atoms with Gasteiger partial charge in [0, 0.05) is 12.6 Å². The van der Waals surface area contributed by atoms with Crippen molar-refractivity contribution >= 4 is 29.8 Å². The first-order valence-electron chi connectivity index (χ1n) is 15.0. The molecule has 2 rings (SSSR count). The minimum atomic E-state index is -1.10. The number of amides is 4. The van der Waals surface area contributed by atoms with E-state index in [-0.39, 0.29) is 49.8 Å². The van der Waals surface area contributed by atoms with E-state index in [1.54, 1.807) is 12.1 Å². The Morgan fingerprint density at radius 3 is 2.30 bits per heavy atom. The maximum atomic E-state index is 13.2. The van der Waals surface area contributed by atoms with Crippen molar-refractivity contribution in [1.82, 2.24) is 21.3 Å². The van der Waals surface area contributed by atoms with Crippen LogP contribution in [-0.2, 0) is 25.7 Å². The first kappa shape index (κ1) is 35.3. The van der Waals surface area contributed by atoms with Gasteiger partial charge in [0.1, 0.15) is 18.7 Å². The average Bonchev–Trinajstić information content (AvgIpc) is 3.46. The van der Waals surface area contributed by atoms with Crippen molar-refractivity contribution in [3.05, 3.63) is 35.9 Å². The Balaban J connectivity index is 1.97. The number of alkyl carbamates (subject to hydrolysis) is 1. The van der Waals surface area contributed by atoms with Gasteiger partial charge >= 0.3 is 6.09 Å². The first-order chi connectivity index (χ1) is 20.4. The molecule has 0 radical (unpaired) electrons. The van der Waals surface area contributed by atoms with Crippen LogP contribution in [0.4, 0.5) is 4.79 Å². The average molecular weight is 604 g/mol. The van der Waals surface area contributed by atoms with E-state index in [0.717, 1.165) is 31.2 Å². The zero-order chi connectivity index (χ0) is 31.8. The fourth-order valence-corrected chi connectivity index (χ4v) is 4.88. The van der Waals surface area contributed by atoms with E-state index < -0.39 is 42.1 Å². The van der Waals surface area contributed by atoms with Crippen LogP contribution in [-0.4, -0.2) is 71.7 Å².